The fraction of sp³-hybridized carbons (Fsp3) is 0.0667. The average Bonchev–Trinajstić information content (AvgIpc) is 2.72. The molecule has 3 aromatic rings. The summed E-state index contributed by atoms with van der Waals surface area (Å²) < 4.78 is 2.20. The normalized spacial score (nSPS) is 11.4. The van der Waals surface area contributed by atoms with Crippen molar-refractivity contribution in [1.29, 1.82) is 0 Å². The maximum absolute atomic E-state index is 9.93. The molecule has 0 aliphatic heterocycles. The Kier molecular flexibility index (Phi) is 3.38. The summed E-state index contributed by atoms with van der Waals surface area (Å²) in [5, 5.41) is 12.2. The second-order valence-electron chi connectivity index (χ2n) is 4.37. The van der Waals surface area contributed by atoms with Gasteiger partial charge >= 0.3 is 0 Å². The van der Waals surface area contributed by atoms with Crippen LogP contribution in [0.1, 0.15) is 4.88 Å². The van der Waals surface area contributed by atoms with Crippen molar-refractivity contribution in [1.82, 2.24) is 4.57 Å². The van der Waals surface area contributed by atoms with E-state index in [2.05, 4.69) is 17.1 Å². The van der Waals surface area contributed by atoms with E-state index < -0.39 is 0 Å². The summed E-state index contributed by atoms with van der Waals surface area (Å²) in [4.78, 5) is 5.16. The summed E-state index contributed by atoms with van der Waals surface area (Å²) in [6.07, 6.45) is 1.66. The van der Waals surface area contributed by atoms with E-state index in [1.54, 1.807) is 17.8 Å². The fourth-order valence-electron chi connectivity index (χ4n) is 1.99. The molecule has 1 heterocycles. The Morgan fingerprint density at radius 2 is 1.95 bits per heavy atom. The molecule has 0 spiro atoms. The number of aromatic hydroxyl groups is 1. The van der Waals surface area contributed by atoms with Gasteiger partial charge in [-0.15, -0.1) is 0 Å². The highest BCUT2D eigenvalue weighted by Crippen LogP contribution is 2.27. The molecule has 0 bridgehead atoms. The molecular weight excluding hydrogens is 288 g/mol. The van der Waals surface area contributed by atoms with E-state index in [1.807, 2.05) is 30.3 Å². The molecule has 0 amide bonds. The minimum absolute atomic E-state index is 0.156. The van der Waals surface area contributed by atoms with Crippen LogP contribution in [0.15, 0.2) is 47.5 Å². The van der Waals surface area contributed by atoms with E-state index in [1.165, 1.54) is 11.3 Å². The SMILES string of the molecule is Cn1c(O)c(C=Nc2cccc3ccccc23)sc1=S. The zero-order valence-corrected chi connectivity index (χ0v) is 12.4. The first kappa shape index (κ1) is 13.0. The van der Waals surface area contributed by atoms with Crippen LogP contribution in [0.4, 0.5) is 5.69 Å². The molecule has 0 saturated carbocycles. The Hall–Kier alpha value is -1.98. The lowest BCUT2D eigenvalue weighted by molar-refractivity contribution is 0.430. The van der Waals surface area contributed by atoms with Gasteiger partial charge in [0.2, 0.25) is 5.88 Å². The van der Waals surface area contributed by atoms with Gasteiger partial charge in [0.05, 0.1) is 11.9 Å². The highest BCUT2D eigenvalue weighted by molar-refractivity contribution is 7.73. The zero-order valence-electron chi connectivity index (χ0n) is 10.8. The van der Waals surface area contributed by atoms with Gasteiger partial charge in [-0.3, -0.25) is 9.56 Å². The molecule has 0 aliphatic carbocycles. The van der Waals surface area contributed by atoms with E-state index in [9.17, 15) is 5.11 Å². The van der Waals surface area contributed by atoms with Crippen LogP contribution in [0, 0.1) is 3.95 Å². The Labute approximate surface area is 125 Å². The molecular formula is C15H12N2OS2. The van der Waals surface area contributed by atoms with Gasteiger partial charge in [0.15, 0.2) is 3.95 Å². The maximum Gasteiger partial charge on any atom is 0.211 e. The minimum Gasteiger partial charge on any atom is -0.493 e. The number of hydrogen-bond donors (Lipinski definition) is 1. The maximum atomic E-state index is 9.93. The van der Waals surface area contributed by atoms with Crippen LogP contribution >= 0.6 is 23.6 Å². The van der Waals surface area contributed by atoms with Gasteiger partial charge in [-0.2, -0.15) is 0 Å². The Balaban J connectivity index is 2.07. The highest BCUT2D eigenvalue weighted by Gasteiger charge is 2.06. The van der Waals surface area contributed by atoms with E-state index >= 15 is 0 Å². The lowest BCUT2D eigenvalue weighted by atomic mass is 10.1. The average molecular weight is 300 g/mol. The lowest BCUT2D eigenvalue weighted by Crippen LogP contribution is -1.86. The summed E-state index contributed by atoms with van der Waals surface area (Å²) in [7, 11) is 1.74. The highest BCUT2D eigenvalue weighted by atomic mass is 32.1. The van der Waals surface area contributed by atoms with Crippen molar-refractivity contribution in [2.75, 3.05) is 0 Å². The molecule has 0 aliphatic rings. The molecule has 0 fully saturated rings. The van der Waals surface area contributed by atoms with Gasteiger partial charge < -0.3 is 5.11 Å². The van der Waals surface area contributed by atoms with E-state index in [-0.39, 0.29) is 5.88 Å². The summed E-state index contributed by atoms with van der Waals surface area (Å²) in [5.41, 5.74) is 0.879. The topological polar surface area (TPSA) is 37.5 Å². The number of hydrogen-bond acceptors (Lipinski definition) is 4. The van der Waals surface area contributed by atoms with Gasteiger partial charge in [0.25, 0.3) is 0 Å². The molecule has 1 N–H and O–H groups in total. The third kappa shape index (κ3) is 2.26. The third-order valence-electron chi connectivity index (χ3n) is 3.10. The molecule has 0 saturated heterocycles. The molecule has 20 heavy (non-hydrogen) atoms. The largest absolute Gasteiger partial charge is 0.493 e. The number of rotatable bonds is 2. The monoisotopic (exact) mass is 300 g/mol. The number of fused-ring (bicyclic) bond motifs is 1. The molecule has 3 rings (SSSR count). The van der Waals surface area contributed by atoms with E-state index in [0.29, 0.717) is 8.83 Å². The van der Waals surface area contributed by atoms with E-state index in [0.717, 1.165) is 16.5 Å². The van der Waals surface area contributed by atoms with Crippen LogP contribution in [-0.4, -0.2) is 15.9 Å². The third-order valence-corrected chi connectivity index (χ3v) is 4.58. The van der Waals surface area contributed by atoms with Crippen molar-refractivity contribution < 1.29 is 5.11 Å². The molecule has 2 aromatic carbocycles. The molecule has 0 unspecified atom stereocenters. The second kappa shape index (κ2) is 5.19. The Morgan fingerprint density at radius 3 is 2.70 bits per heavy atom. The van der Waals surface area contributed by atoms with Crippen molar-refractivity contribution in [3.63, 3.8) is 0 Å². The molecule has 5 heteroatoms. The number of aromatic nitrogens is 1. The summed E-state index contributed by atoms with van der Waals surface area (Å²) in [6.45, 7) is 0. The van der Waals surface area contributed by atoms with E-state index in [4.69, 9.17) is 12.2 Å². The predicted molar refractivity (Wildman–Crippen MR) is 87.0 cm³/mol. The van der Waals surface area contributed by atoms with Crippen LogP contribution in [0.5, 0.6) is 5.88 Å². The van der Waals surface area contributed by atoms with Crippen LogP contribution in [0.2, 0.25) is 0 Å². The number of benzene rings is 2. The molecule has 0 radical (unpaired) electrons. The number of nitrogens with zero attached hydrogens (tertiary/aromatic N) is 2. The van der Waals surface area contributed by atoms with Crippen molar-refractivity contribution in [3.05, 3.63) is 51.3 Å². The smallest absolute Gasteiger partial charge is 0.211 e. The van der Waals surface area contributed by atoms with Crippen molar-refractivity contribution in [2.24, 2.45) is 12.0 Å². The molecule has 100 valence electrons. The first-order valence-electron chi connectivity index (χ1n) is 6.07. The molecule has 0 atom stereocenters. The van der Waals surface area contributed by atoms with Crippen molar-refractivity contribution in [2.45, 2.75) is 0 Å². The number of aliphatic imine (C=N–C) groups is 1. The quantitative estimate of drug-likeness (QED) is 0.561. The molecule has 3 nitrogen and oxygen atoms in total. The van der Waals surface area contributed by atoms with Crippen LogP contribution in [-0.2, 0) is 7.05 Å². The second-order valence-corrected chi connectivity index (χ2v) is 6.05. The summed E-state index contributed by atoms with van der Waals surface area (Å²) >= 11 is 6.47. The van der Waals surface area contributed by atoms with Crippen molar-refractivity contribution >= 4 is 46.2 Å². The van der Waals surface area contributed by atoms with Gasteiger partial charge in [0.1, 0.15) is 4.88 Å². The standard InChI is InChI=1S/C15H12N2OS2/c1-17-14(18)13(20-15(17)19)9-16-12-8-4-6-10-5-2-3-7-11(10)12/h2-9,18H,1H3. The minimum atomic E-state index is 0.156. The Bertz CT molecular complexity index is 856. The lowest BCUT2D eigenvalue weighted by Gasteiger charge is -2.00. The van der Waals surface area contributed by atoms with Gasteiger partial charge in [-0.05, 0) is 23.7 Å². The first-order valence-corrected chi connectivity index (χ1v) is 7.30. The first-order chi connectivity index (χ1) is 9.66. The summed E-state index contributed by atoms with van der Waals surface area (Å²) in [5.74, 6) is 0.156. The van der Waals surface area contributed by atoms with Crippen LogP contribution in [0.25, 0.3) is 10.8 Å². The summed E-state index contributed by atoms with van der Waals surface area (Å²) in [6, 6.07) is 14.1. The fourth-order valence-corrected chi connectivity index (χ4v) is 3.09. The Morgan fingerprint density at radius 1 is 1.20 bits per heavy atom. The van der Waals surface area contributed by atoms with Crippen LogP contribution in [0.3, 0.4) is 0 Å². The van der Waals surface area contributed by atoms with Crippen LogP contribution < -0.4 is 0 Å². The van der Waals surface area contributed by atoms with Crippen molar-refractivity contribution in [3.8, 4) is 5.88 Å². The van der Waals surface area contributed by atoms with Gasteiger partial charge in [0, 0.05) is 12.4 Å². The zero-order chi connectivity index (χ0) is 14.1. The van der Waals surface area contributed by atoms with Gasteiger partial charge in [-0.1, -0.05) is 47.7 Å². The predicted octanol–water partition coefficient (Wildman–Crippen LogP) is 4.43. The number of thiazole rings is 1. The molecule has 1 aromatic heterocycles. The van der Waals surface area contributed by atoms with Gasteiger partial charge in [-0.25, -0.2) is 0 Å².